The summed E-state index contributed by atoms with van der Waals surface area (Å²) < 4.78 is 15.6. The maximum atomic E-state index is 15.6. The molecule has 8 nitrogen and oxygen atoms in total. The molecule has 1 aromatic heterocycles. The molecule has 5 rings (SSSR count). The van der Waals surface area contributed by atoms with E-state index in [1.807, 2.05) is 56.7 Å². The normalized spacial score (nSPS) is 12.1. The molecule has 1 aliphatic rings. The van der Waals surface area contributed by atoms with Crippen molar-refractivity contribution in [3.8, 4) is 11.3 Å². The number of aliphatic imine (C=N–C) groups is 1. The Labute approximate surface area is 243 Å². The van der Waals surface area contributed by atoms with Gasteiger partial charge in [-0.3, -0.25) is 9.79 Å². The Balaban J connectivity index is 1.54. The quantitative estimate of drug-likeness (QED) is 0.249. The van der Waals surface area contributed by atoms with E-state index < -0.39 is 0 Å². The first-order valence-electron chi connectivity index (χ1n) is 13.4. The first-order valence-corrected chi connectivity index (χ1v) is 13.8. The van der Waals surface area contributed by atoms with Crippen molar-refractivity contribution in [2.45, 2.75) is 13.0 Å². The molecule has 210 valence electrons. The highest BCUT2D eigenvalue weighted by Crippen LogP contribution is 2.36. The van der Waals surface area contributed by atoms with Crippen LogP contribution in [0.4, 0.5) is 21.7 Å². The fourth-order valence-corrected chi connectivity index (χ4v) is 5.08. The van der Waals surface area contributed by atoms with E-state index in [1.165, 1.54) is 6.07 Å². The number of nitrogens with one attached hydrogen (secondary N) is 4. The van der Waals surface area contributed by atoms with Crippen molar-refractivity contribution in [3.05, 3.63) is 100.0 Å². The second-order valence-corrected chi connectivity index (χ2v) is 10.2. The maximum Gasteiger partial charge on any atom is 0.394 e. The molecule has 0 saturated heterocycles. The van der Waals surface area contributed by atoms with Crippen LogP contribution in [0.3, 0.4) is 0 Å². The van der Waals surface area contributed by atoms with Gasteiger partial charge >= 0.3 is 5.95 Å². The van der Waals surface area contributed by atoms with Gasteiger partial charge in [0.15, 0.2) is 5.69 Å². The van der Waals surface area contributed by atoms with Crippen molar-refractivity contribution in [1.82, 2.24) is 15.6 Å². The standard InChI is InChI=1S/C31H31ClFN7O/c1-34-14-5-15-40(3)26-7-4-6-25(33)27(26)29-24-16-21(32)10-13-23(24)28-20(17-36-29)18-37-31(39-28)38-22-11-8-19(9-12-22)30(41)35-2/h4,6-13,16,18,34H,5,14-15,17H2,1-3H3,(H,35,41)(H,37,38,39)/p+1. The van der Waals surface area contributed by atoms with Crippen LogP contribution in [0.15, 0.2) is 71.9 Å². The van der Waals surface area contributed by atoms with Gasteiger partial charge in [0.1, 0.15) is 5.82 Å². The number of amides is 1. The van der Waals surface area contributed by atoms with E-state index in [9.17, 15) is 4.79 Å². The number of halogens is 2. The van der Waals surface area contributed by atoms with Crippen molar-refractivity contribution in [2.24, 2.45) is 4.99 Å². The predicted molar refractivity (Wildman–Crippen MR) is 162 cm³/mol. The fourth-order valence-electron chi connectivity index (χ4n) is 4.90. The minimum Gasteiger partial charge on any atom is -0.374 e. The first kappa shape index (κ1) is 28.2. The van der Waals surface area contributed by atoms with Gasteiger partial charge in [-0.2, -0.15) is 0 Å². The molecule has 10 heteroatoms. The molecule has 4 N–H and O–H groups in total. The molecule has 2 heterocycles. The summed E-state index contributed by atoms with van der Waals surface area (Å²) in [4.78, 5) is 27.0. The van der Waals surface area contributed by atoms with E-state index in [1.54, 1.807) is 25.2 Å². The number of hydrogen-bond acceptors (Lipinski definition) is 6. The third-order valence-electron chi connectivity index (χ3n) is 7.01. The van der Waals surface area contributed by atoms with Gasteiger partial charge in [0.2, 0.25) is 0 Å². The zero-order chi connectivity index (χ0) is 28.9. The zero-order valence-corrected chi connectivity index (χ0v) is 23.9. The number of carbonyl (C=O) groups excluding carboxylic acids is 1. The Hall–Kier alpha value is -4.34. The minimum absolute atomic E-state index is 0.153. The summed E-state index contributed by atoms with van der Waals surface area (Å²) in [6.07, 6.45) is 2.77. The summed E-state index contributed by atoms with van der Waals surface area (Å²) in [5, 5.41) is 9.57. The van der Waals surface area contributed by atoms with Crippen LogP contribution in [0, 0.1) is 5.82 Å². The number of nitrogens with zero attached hydrogens (tertiary/aromatic N) is 3. The molecule has 0 saturated carbocycles. The van der Waals surface area contributed by atoms with Crippen molar-refractivity contribution >= 4 is 40.5 Å². The molecule has 3 aromatic carbocycles. The predicted octanol–water partition coefficient (Wildman–Crippen LogP) is 4.86. The Morgan fingerprint density at radius 2 is 1.90 bits per heavy atom. The molecular weight excluding hydrogens is 541 g/mol. The van der Waals surface area contributed by atoms with Gasteiger partial charge in [-0.15, -0.1) is 0 Å². The lowest BCUT2D eigenvalue weighted by molar-refractivity contribution is -0.365. The van der Waals surface area contributed by atoms with Crippen LogP contribution in [0.1, 0.15) is 33.5 Å². The molecule has 0 aliphatic carbocycles. The second kappa shape index (κ2) is 12.4. The number of benzene rings is 3. The topological polar surface area (TPSA) is 95.8 Å². The molecule has 4 aromatic rings. The van der Waals surface area contributed by atoms with E-state index in [4.69, 9.17) is 21.6 Å². The number of aromatic amines is 1. The summed E-state index contributed by atoms with van der Waals surface area (Å²) in [5.74, 6) is 0.0110. The molecule has 1 amide bonds. The highest BCUT2D eigenvalue weighted by atomic mass is 35.5. The highest BCUT2D eigenvalue weighted by Gasteiger charge is 2.28. The summed E-state index contributed by atoms with van der Waals surface area (Å²) in [6.45, 7) is 1.92. The smallest absolute Gasteiger partial charge is 0.374 e. The molecule has 0 atom stereocenters. The van der Waals surface area contributed by atoms with Gasteiger partial charge in [-0.05, 0) is 74.6 Å². The van der Waals surface area contributed by atoms with Gasteiger partial charge < -0.3 is 15.5 Å². The Morgan fingerprint density at radius 3 is 2.66 bits per heavy atom. The third kappa shape index (κ3) is 6.06. The van der Waals surface area contributed by atoms with Crippen LogP contribution >= 0.6 is 11.6 Å². The van der Waals surface area contributed by atoms with Gasteiger partial charge in [0.25, 0.3) is 5.91 Å². The first-order chi connectivity index (χ1) is 19.9. The van der Waals surface area contributed by atoms with Crippen molar-refractivity contribution < 1.29 is 14.2 Å². The molecule has 1 aliphatic heterocycles. The van der Waals surface area contributed by atoms with Gasteiger partial charge in [-0.25, -0.2) is 14.7 Å². The number of fused-ring (bicyclic) bond motifs is 3. The van der Waals surface area contributed by atoms with Crippen LogP contribution in [0.5, 0.6) is 0 Å². The van der Waals surface area contributed by atoms with Crippen LogP contribution in [0.25, 0.3) is 11.3 Å². The molecular formula is C31H32ClFN7O+. The average Bonchev–Trinajstić information content (AvgIpc) is 3.13. The third-order valence-corrected chi connectivity index (χ3v) is 7.24. The van der Waals surface area contributed by atoms with E-state index in [2.05, 4.69) is 25.8 Å². The summed E-state index contributed by atoms with van der Waals surface area (Å²) in [6, 6.07) is 17.8. The molecule has 0 unspecified atom stereocenters. The van der Waals surface area contributed by atoms with E-state index in [0.29, 0.717) is 39.9 Å². The van der Waals surface area contributed by atoms with Crippen LogP contribution in [-0.4, -0.2) is 50.8 Å². The number of anilines is 3. The molecule has 0 fully saturated rings. The van der Waals surface area contributed by atoms with Crippen molar-refractivity contribution in [3.63, 3.8) is 0 Å². The Kier molecular flexibility index (Phi) is 8.56. The molecule has 41 heavy (non-hydrogen) atoms. The summed E-state index contributed by atoms with van der Waals surface area (Å²) in [7, 11) is 5.48. The van der Waals surface area contributed by atoms with E-state index >= 15 is 4.39 Å². The number of hydrogen-bond donors (Lipinski definition) is 3. The highest BCUT2D eigenvalue weighted by molar-refractivity contribution is 6.32. The second-order valence-electron chi connectivity index (χ2n) is 9.77. The number of H-pyrrole nitrogens is 1. The number of rotatable bonds is 9. The van der Waals surface area contributed by atoms with Gasteiger partial charge in [-0.1, -0.05) is 22.7 Å². The maximum absolute atomic E-state index is 15.6. The molecule has 0 spiro atoms. The van der Waals surface area contributed by atoms with Crippen LogP contribution in [-0.2, 0) is 6.54 Å². The number of carbonyl (C=O) groups is 1. The monoisotopic (exact) mass is 572 g/mol. The molecule has 0 radical (unpaired) electrons. The lowest BCUT2D eigenvalue weighted by atomic mass is 9.94. The largest absolute Gasteiger partial charge is 0.394 e. The van der Waals surface area contributed by atoms with Crippen molar-refractivity contribution in [1.29, 1.82) is 0 Å². The number of aromatic nitrogens is 2. The average molecular weight is 573 g/mol. The van der Waals surface area contributed by atoms with Crippen molar-refractivity contribution in [2.75, 3.05) is 44.4 Å². The van der Waals surface area contributed by atoms with Gasteiger partial charge in [0.05, 0.1) is 29.7 Å². The van der Waals surface area contributed by atoms with Crippen LogP contribution in [0.2, 0.25) is 5.02 Å². The summed E-state index contributed by atoms with van der Waals surface area (Å²) >= 11 is 6.49. The summed E-state index contributed by atoms with van der Waals surface area (Å²) in [5.41, 5.74) is 6.17. The van der Waals surface area contributed by atoms with Gasteiger partial charge in [0, 0.05) is 53.6 Å². The lowest BCUT2D eigenvalue weighted by Crippen LogP contribution is -2.25. The van der Waals surface area contributed by atoms with E-state index in [0.717, 1.165) is 47.7 Å². The lowest BCUT2D eigenvalue weighted by Gasteiger charge is -2.24. The SMILES string of the molecule is CNCCCN(C)c1cccc(F)c1C1=NCc2c[nH+]c(Nc3ccc(C(=O)NC)cc3)nc2-c2ccc(Cl)cc21. The van der Waals surface area contributed by atoms with Crippen LogP contribution < -0.4 is 25.8 Å². The zero-order valence-electron chi connectivity index (χ0n) is 23.2. The Morgan fingerprint density at radius 1 is 1.10 bits per heavy atom. The Bertz CT molecular complexity index is 1610. The molecule has 0 bridgehead atoms. The fraction of sp³-hybridized carbons (Fsp3) is 0.226. The minimum atomic E-state index is -0.347. The van der Waals surface area contributed by atoms with E-state index in [-0.39, 0.29) is 11.7 Å².